The number of carbonyl (C=O) groups is 1. The number of nitrogens with one attached hydrogen (secondary N) is 1. The Kier molecular flexibility index (Phi) is 6.00. The van der Waals surface area contributed by atoms with E-state index < -0.39 is 6.10 Å². The number of aliphatic hydroxyl groups excluding tert-OH is 1. The van der Waals surface area contributed by atoms with Crippen molar-refractivity contribution in [2.75, 3.05) is 6.54 Å². The van der Waals surface area contributed by atoms with Crippen molar-refractivity contribution in [2.45, 2.75) is 65.5 Å². The number of aryl methyl sites for hydroxylation is 1. The van der Waals surface area contributed by atoms with E-state index in [9.17, 15) is 9.90 Å². The number of amides is 1. The topological polar surface area (TPSA) is 67.2 Å². The number of hydrogen-bond acceptors (Lipinski definition) is 3. The van der Waals surface area contributed by atoms with Gasteiger partial charge in [0.15, 0.2) is 0 Å². The smallest absolute Gasteiger partial charge is 0.254 e. The Morgan fingerprint density at radius 3 is 2.77 bits per heavy atom. The number of aliphatic hydroxyl groups is 1. The van der Waals surface area contributed by atoms with Crippen LogP contribution < -0.4 is 5.32 Å². The van der Waals surface area contributed by atoms with Gasteiger partial charge >= 0.3 is 0 Å². The van der Waals surface area contributed by atoms with Crippen LogP contribution in [0.5, 0.6) is 0 Å². The van der Waals surface area contributed by atoms with Crippen LogP contribution in [0.3, 0.4) is 0 Å². The number of carbonyl (C=O) groups excluding carboxylic acids is 1. The van der Waals surface area contributed by atoms with Gasteiger partial charge in [0.1, 0.15) is 0 Å². The van der Waals surface area contributed by atoms with Crippen LogP contribution in [0.2, 0.25) is 0 Å². The predicted octanol–water partition coefficient (Wildman–Crippen LogP) is 2.52. The van der Waals surface area contributed by atoms with E-state index >= 15 is 0 Å². The van der Waals surface area contributed by atoms with Gasteiger partial charge in [0, 0.05) is 18.8 Å². The highest BCUT2D eigenvalue weighted by atomic mass is 16.3. The predicted molar refractivity (Wildman–Crippen MR) is 86.7 cm³/mol. The molecule has 1 saturated carbocycles. The molecule has 1 aromatic rings. The molecule has 1 amide bonds. The maximum absolute atomic E-state index is 12.3. The SMILES string of the molecule is Cc1c(C(=O)NCC(O)C2CCCC2)cnn1CCC(C)C. The van der Waals surface area contributed by atoms with Crippen LogP contribution in [0.4, 0.5) is 0 Å². The van der Waals surface area contributed by atoms with Crippen LogP contribution in [0.25, 0.3) is 0 Å². The summed E-state index contributed by atoms with van der Waals surface area (Å²) >= 11 is 0. The molecule has 2 N–H and O–H groups in total. The molecule has 5 heteroatoms. The molecule has 1 aliphatic rings. The van der Waals surface area contributed by atoms with E-state index in [4.69, 9.17) is 0 Å². The van der Waals surface area contributed by atoms with Gasteiger partial charge in [0.05, 0.1) is 17.9 Å². The largest absolute Gasteiger partial charge is 0.391 e. The Morgan fingerprint density at radius 1 is 1.45 bits per heavy atom. The normalized spacial score (nSPS) is 17.1. The molecule has 0 aliphatic heterocycles. The second kappa shape index (κ2) is 7.77. The van der Waals surface area contributed by atoms with Crippen molar-refractivity contribution in [2.24, 2.45) is 11.8 Å². The Bertz CT molecular complexity index is 490. The van der Waals surface area contributed by atoms with E-state index in [2.05, 4.69) is 24.3 Å². The summed E-state index contributed by atoms with van der Waals surface area (Å²) in [7, 11) is 0. The molecule has 124 valence electrons. The highest BCUT2D eigenvalue weighted by Crippen LogP contribution is 2.27. The Hall–Kier alpha value is -1.36. The third kappa shape index (κ3) is 4.32. The molecule has 1 aliphatic carbocycles. The third-order valence-corrected chi connectivity index (χ3v) is 4.68. The van der Waals surface area contributed by atoms with Crippen molar-refractivity contribution < 1.29 is 9.90 Å². The standard InChI is InChI=1S/C17H29N3O2/c1-12(2)8-9-20-13(3)15(10-19-20)17(22)18-11-16(21)14-6-4-5-7-14/h10,12,14,16,21H,4-9,11H2,1-3H3,(H,18,22). The van der Waals surface area contributed by atoms with Gasteiger partial charge in [-0.25, -0.2) is 0 Å². The van der Waals surface area contributed by atoms with Gasteiger partial charge in [-0.2, -0.15) is 5.10 Å². The molecule has 22 heavy (non-hydrogen) atoms. The van der Waals surface area contributed by atoms with Crippen LogP contribution in [0.1, 0.15) is 62.0 Å². The summed E-state index contributed by atoms with van der Waals surface area (Å²) in [6.45, 7) is 7.45. The van der Waals surface area contributed by atoms with E-state index in [0.29, 0.717) is 23.9 Å². The van der Waals surface area contributed by atoms with Gasteiger partial charge in [-0.1, -0.05) is 26.7 Å². The van der Waals surface area contributed by atoms with Crippen LogP contribution in [-0.4, -0.2) is 33.4 Å². The van der Waals surface area contributed by atoms with E-state index in [-0.39, 0.29) is 5.91 Å². The first kappa shape index (κ1) is 17.0. The Morgan fingerprint density at radius 2 is 2.14 bits per heavy atom. The molecule has 1 aromatic heterocycles. The summed E-state index contributed by atoms with van der Waals surface area (Å²) in [4.78, 5) is 12.3. The molecule has 1 fully saturated rings. The lowest BCUT2D eigenvalue weighted by Crippen LogP contribution is -2.35. The first-order valence-corrected chi connectivity index (χ1v) is 8.47. The molecule has 1 heterocycles. The molecule has 2 rings (SSSR count). The van der Waals surface area contributed by atoms with Crippen LogP contribution in [0, 0.1) is 18.8 Å². The molecule has 1 unspecified atom stereocenters. The summed E-state index contributed by atoms with van der Waals surface area (Å²) < 4.78 is 1.89. The van der Waals surface area contributed by atoms with Crippen molar-refractivity contribution in [3.63, 3.8) is 0 Å². The highest BCUT2D eigenvalue weighted by Gasteiger charge is 2.24. The lowest BCUT2D eigenvalue weighted by Gasteiger charge is -2.18. The summed E-state index contributed by atoms with van der Waals surface area (Å²) in [5.41, 5.74) is 1.51. The number of nitrogens with zero attached hydrogens (tertiary/aromatic N) is 2. The maximum Gasteiger partial charge on any atom is 0.254 e. The zero-order valence-electron chi connectivity index (χ0n) is 14.0. The first-order valence-electron chi connectivity index (χ1n) is 8.47. The molecule has 0 radical (unpaired) electrons. The molecule has 0 aromatic carbocycles. The molecule has 0 saturated heterocycles. The zero-order valence-corrected chi connectivity index (χ0v) is 14.0. The lowest BCUT2D eigenvalue weighted by atomic mass is 10.0. The minimum atomic E-state index is -0.428. The average Bonchev–Trinajstić information content (AvgIpc) is 3.12. The molecular weight excluding hydrogens is 278 g/mol. The van der Waals surface area contributed by atoms with E-state index in [1.165, 1.54) is 12.8 Å². The van der Waals surface area contributed by atoms with Crippen LogP contribution >= 0.6 is 0 Å². The summed E-state index contributed by atoms with van der Waals surface area (Å²) in [6, 6.07) is 0. The number of rotatable bonds is 7. The fraction of sp³-hybridized carbons (Fsp3) is 0.765. The lowest BCUT2D eigenvalue weighted by molar-refractivity contribution is 0.0840. The maximum atomic E-state index is 12.3. The Labute approximate surface area is 133 Å². The fourth-order valence-electron chi connectivity index (χ4n) is 3.08. The fourth-order valence-corrected chi connectivity index (χ4v) is 3.08. The number of aromatic nitrogens is 2. The van der Waals surface area contributed by atoms with Gasteiger partial charge in [-0.3, -0.25) is 9.48 Å². The Balaban J connectivity index is 1.86. The van der Waals surface area contributed by atoms with Crippen molar-refractivity contribution in [1.82, 2.24) is 15.1 Å². The van der Waals surface area contributed by atoms with Gasteiger partial charge in [-0.05, 0) is 38.0 Å². The molecule has 1 atom stereocenters. The average molecular weight is 307 g/mol. The summed E-state index contributed by atoms with van der Waals surface area (Å²) in [5.74, 6) is 0.822. The molecular formula is C17H29N3O2. The molecule has 0 bridgehead atoms. The second-order valence-corrected chi connectivity index (χ2v) is 6.87. The highest BCUT2D eigenvalue weighted by molar-refractivity contribution is 5.95. The van der Waals surface area contributed by atoms with Crippen molar-refractivity contribution >= 4 is 5.91 Å². The van der Waals surface area contributed by atoms with Gasteiger partial charge in [-0.15, -0.1) is 0 Å². The summed E-state index contributed by atoms with van der Waals surface area (Å²) in [5, 5.41) is 17.3. The van der Waals surface area contributed by atoms with Crippen molar-refractivity contribution in [3.8, 4) is 0 Å². The summed E-state index contributed by atoms with van der Waals surface area (Å²) in [6.07, 6.45) is 6.78. The van der Waals surface area contributed by atoms with E-state index in [1.54, 1.807) is 6.20 Å². The van der Waals surface area contributed by atoms with Gasteiger partial charge in [0.2, 0.25) is 0 Å². The second-order valence-electron chi connectivity index (χ2n) is 6.87. The van der Waals surface area contributed by atoms with Crippen LogP contribution in [0.15, 0.2) is 6.20 Å². The van der Waals surface area contributed by atoms with Crippen molar-refractivity contribution in [3.05, 3.63) is 17.5 Å². The first-order chi connectivity index (χ1) is 10.5. The minimum absolute atomic E-state index is 0.134. The third-order valence-electron chi connectivity index (χ3n) is 4.68. The van der Waals surface area contributed by atoms with Crippen molar-refractivity contribution in [1.29, 1.82) is 0 Å². The number of hydrogen-bond donors (Lipinski definition) is 2. The quantitative estimate of drug-likeness (QED) is 0.813. The van der Waals surface area contributed by atoms with E-state index in [1.807, 2.05) is 11.6 Å². The minimum Gasteiger partial charge on any atom is -0.391 e. The zero-order chi connectivity index (χ0) is 16.1. The van der Waals surface area contributed by atoms with Gasteiger partial charge in [0.25, 0.3) is 5.91 Å². The molecule has 5 nitrogen and oxygen atoms in total. The van der Waals surface area contributed by atoms with Gasteiger partial charge < -0.3 is 10.4 Å². The van der Waals surface area contributed by atoms with Crippen LogP contribution in [-0.2, 0) is 6.54 Å². The van der Waals surface area contributed by atoms with E-state index in [0.717, 1.165) is 31.5 Å². The molecule has 0 spiro atoms. The monoisotopic (exact) mass is 307 g/mol.